The Labute approximate surface area is 77.0 Å². The summed E-state index contributed by atoms with van der Waals surface area (Å²) in [6, 6.07) is 1.32. The minimum atomic E-state index is -1.35. The van der Waals surface area contributed by atoms with Gasteiger partial charge in [0.1, 0.15) is 0 Å². The van der Waals surface area contributed by atoms with Gasteiger partial charge in [0.25, 0.3) is 0 Å². The minimum Gasteiger partial charge on any atom is -0.167 e. The van der Waals surface area contributed by atoms with E-state index in [0.717, 1.165) is 0 Å². The molecule has 1 aliphatic rings. The Morgan fingerprint density at radius 2 is 1.82 bits per heavy atom. The Kier molecular flexibility index (Phi) is 3.65. The molecule has 1 heterocycles. The van der Waals surface area contributed by atoms with E-state index in [1.807, 2.05) is 0 Å². The molecule has 2 heteroatoms. The molecular weight excluding hydrogens is 172 g/mol. The van der Waals surface area contributed by atoms with Crippen LogP contribution in [0.2, 0.25) is 17.6 Å². The van der Waals surface area contributed by atoms with E-state index in [9.17, 15) is 0 Å². The molecule has 1 rings (SSSR count). The van der Waals surface area contributed by atoms with Crippen LogP contribution in [0, 0.1) is 0 Å². The summed E-state index contributed by atoms with van der Waals surface area (Å²) in [4.78, 5) is 0. The molecule has 0 aromatic heterocycles. The van der Waals surface area contributed by atoms with Gasteiger partial charge in [-0.25, -0.2) is 0 Å². The predicted molar refractivity (Wildman–Crippen MR) is 56.9 cm³/mol. The Balaban J connectivity index is 0.000001000. The van der Waals surface area contributed by atoms with E-state index < -0.39 is 7.38 Å². The summed E-state index contributed by atoms with van der Waals surface area (Å²) in [5.41, 5.74) is 0. The molecule has 1 unspecified atom stereocenters. The smallest absolute Gasteiger partial charge is 0.159 e. The third-order valence-corrected chi connectivity index (χ3v) is 9.58. The van der Waals surface area contributed by atoms with E-state index in [2.05, 4.69) is 20.4 Å². The van der Waals surface area contributed by atoms with Crippen molar-refractivity contribution in [3.63, 3.8) is 0 Å². The molecule has 1 aliphatic heterocycles. The van der Waals surface area contributed by atoms with Crippen molar-refractivity contribution >= 4 is 18.5 Å². The summed E-state index contributed by atoms with van der Waals surface area (Å²) in [6.45, 7) is 6.99. The van der Waals surface area contributed by atoms with Gasteiger partial charge in [0.2, 0.25) is 0 Å². The first-order chi connectivity index (χ1) is 4.46. The van der Waals surface area contributed by atoms with Crippen LogP contribution in [0.15, 0.2) is 0 Å². The third kappa shape index (κ3) is 2.22. The van der Waals surface area contributed by atoms with Gasteiger partial charge in [-0.3, -0.25) is 0 Å². The fourth-order valence-electron chi connectivity index (χ4n) is 1.62. The minimum absolute atomic E-state index is 0. The van der Waals surface area contributed by atoms with Crippen LogP contribution in [0.3, 0.4) is 0 Å². The van der Waals surface area contributed by atoms with Gasteiger partial charge in [-0.2, -0.15) is 11.1 Å². The van der Waals surface area contributed by atoms with Crippen molar-refractivity contribution in [1.82, 2.24) is 0 Å². The first-order valence-electron chi connectivity index (χ1n) is 4.15. The summed E-state index contributed by atoms with van der Waals surface area (Å²) in [7, 11) is -1.35. The Hall–Kier alpha value is 0.507. The molecule has 1 saturated heterocycles. The van der Waals surface area contributed by atoms with Gasteiger partial charge in [0, 0.05) is 0 Å². The van der Waals surface area contributed by atoms with Crippen LogP contribution in [-0.4, -0.2) is 7.38 Å². The van der Waals surface area contributed by atoms with Crippen molar-refractivity contribution in [2.24, 2.45) is 0 Å². The molecule has 0 aromatic rings. The summed E-state index contributed by atoms with van der Waals surface area (Å²) in [6.07, 6.45) is 4.11. The van der Waals surface area contributed by atoms with Gasteiger partial charge in [0.05, 0.1) is 0 Å². The molecule has 0 spiro atoms. The second-order valence-electron chi connectivity index (χ2n) is 4.29. The summed E-state index contributed by atoms with van der Waals surface area (Å²) < 4.78 is 0. The van der Waals surface area contributed by atoms with E-state index in [4.69, 9.17) is 11.1 Å². The second-order valence-corrected chi connectivity index (χ2v) is 11.0. The first-order valence-corrected chi connectivity index (χ1v) is 7.87. The first kappa shape index (κ1) is 11.5. The van der Waals surface area contributed by atoms with Crippen LogP contribution in [0.25, 0.3) is 0 Å². The topological polar surface area (TPSA) is 0 Å². The molecule has 0 nitrogen and oxygen atoms in total. The van der Waals surface area contributed by atoms with Crippen LogP contribution in [-0.2, 0) is 0 Å². The molecule has 0 radical (unpaired) electrons. The SMILES string of the molecule is C.CC1(C)CCCC[Si]1(C)Cl. The Morgan fingerprint density at radius 1 is 1.27 bits per heavy atom. The van der Waals surface area contributed by atoms with Crippen LogP contribution >= 0.6 is 11.1 Å². The highest BCUT2D eigenvalue weighted by atomic mass is 35.6. The Bertz CT molecular complexity index is 114. The molecule has 11 heavy (non-hydrogen) atoms. The van der Waals surface area contributed by atoms with Crippen LogP contribution in [0.1, 0.15) is 40.5 Å². The molecule has 68 valence electrons. The van der Waals surface area contributed by atoms with Gasteiger partial charge in [-0.05, 0) is 17.5 Å². The largest absolute Gasteiger partial charge is 0.167 e. The van der Waals surface area contributed by atoms with Crippen molar-refractivity contribution < 1.29 is 0 Å². The van der Waals surface area contributed by atoms with Gasteiger partial charge in [-0.15, -0.1) is 0 Å². The highest BCUT2D eigenvalue weighted by Gasteiger charge is 2.43. The predicted octanol–water partition coefficient (Wildman–Crippen LogP) is 4.40. The molecule has 0 aliphatic carbocycles. The third-order valence-electron chi connectivity index (χ3n) is 3.11. The molecular formula is C9H21ClSi. The van der Waals surface area contributed by atoms with Gasteiger partial charge in [0.15, 0.2) is 7.38 Å². The lowest BCUT2D eigenvalue weighted by molar-refractivity contribution is 0.518. The van der Waals surface area contributed by atoms with E-state index in [1.165, 1.54) is 25.3 Å². The summed E-state index contributed by atoms with van der Waals surface area (Å²) >= 11 is 6.50. The molecule has 0 N–H and O–H groups in total. The van der Waals surface area contributed by atoms with Crippen LogP contribution in [0.4, 0.5) is 0 Å². The second kappa shape index (κ2) is 3.49. The lowest BCUT2D eigenvalue weighted by Crippen LogP contribution is -2.38. The molecule has 1 atom stereocenters. The highest BCUT2D eigenvalue weighted by Crippen LogP contribution is 2.50. The van der Waals surface area contributed by atoms with Crippen LogP contribution < -0.4 is 0 Å². The van der Waals surface area contributed by atoms with Gasteiger partial charge in [-0.1, -0.05) is 40.7 Å². The maximum atomic E-state index is 6.50. The highest BCUT2D eigenvalue weighted by molar-refractivity contribution is 7.21. The summed E-state index contributed by atoms with van der Waals surface area (Å²) in [5, 5.41) is 0.479. The Morgan fingerprint density at radius 3 is 2.09 bits per heavy atom. The van der Waals surface area contributed by atoms with Crippen molar-refractivity contribution in [2.45, 2.75) is 58.2 Å². The maximum absolute atomic E-state index is 6.50. The summed E-state index contributed by atoms with van der Waals surface area (Å²) in [5.74, 6) is 0. The zero-order valence-corrected chi connectivity index (χ0v) is 8.96. The standard InChI is InChI=1S/C8H17ClSi.CH4/c1-8(2)6-4-5-7-10(8,3)9;/h4-7H2,1-3H3;1H4. The van der Waals surface area contributed by atoms with E-state index >= 15 is 0 Å². The van der Waals surface area contributed by atoms with E-state index in [-0.39, 0.29) is 7.43 Å². The average molecular weight is 193 g/mol. The van der Waals surface area contributed by atoms with Gasteiger partial charge >= 0.3 is 0 Å². The molecule has 0 amide bonds. The number of rotatable bonds is 0. The fourth-order valence-corrected chi connectivity index (χ4v) is 4.60. The lowest BCUT2D eigenvalue weighted by atomic mass is 10.1. The molecule has 0 aromatic carbocycles. The molecule has 0 bridgehead atoms. The van der Waals surface area contributed by atoms with Crippen molar-refractivity contribution in [1.29, 1.82) is 0 Å². The number of hydrogen-bond acceptors (Lipinski definition) is 0. The lowest BCUT2D eigenvalue weighted by Gasteiger charge is -2.41. The molecule has 0 saturated carbocycles. The molecule has 1 fully saturated rings. The average Bonchev–Trinajstić information content (AvgIpc) is 1.77. The maximum Gasteiger partial charge on any atom is 0.159 e. The monoisotopic (exact) mass is 192 g/mol. The normalized spacial score (nSPS) is 36.0. The van der Waals surface area contributed by atoms with Crippen molar-refractivity contribution in [2.75, 3.05) is 0 Å². The van der Waals surface area contributed by atoms with Gasteiger partial charge < -0.3 is 0 Å². The number of halogens is 1. The van der Waals surface area contributed by atoms with Crippen molar-refractivity contribution in [3.05, 3.63) is 0 Å². The fraction of sp³-hybridized carbons (Fsp3) is 1.00. The zero-order chi connectivity index (χ0) is 7.83. The number of hydrogen-bond donors (Lipinski definition) is 0. The quantitative estimate of drug-likeness (QED) is 0.394. The van der Waals surface area contributed by atoms with Crippen molar-refractivity contribution in [3.8, 4) is 0 Å². The van der Waals surface area contributed by atoms with E-state index in [1.54, 1.807) is 0 Å². The van der Waals surface area contributed by atoms with Crippen LogP contribution in [0.5, 0.6) is 0 Å². The zero-order valence-electron chi connectivity index (χ0n) is 7.21. The van der Waals surface area contributed by atoms with E-state index in [0.29, 0.717) is 5.04 Å².